The first kappa shape index (κ1) is 20.3. The van der Waals surface area contributed by atoms with E-state index >= 15 is 8.78 Å². The third-order valence-electron chi connectivity index (χ3n) is 6.97. The number of alkyl halides is 2. The van der Waals surface area contributed by atoms with Crippen LogP contribution in [0, 0.1) is 11.8 Å². The van der Waals surface area contributed by atoms with E-state index in [0.29, 0.717) is 37.7 Å². The van der Waals surface area contributed by atoms with E-state index in [4.69, 9.17) is 4.74 Å². The van der Waals surface area contributed by atoms with Crippen molar-refractivity contribution in [3.8, 4) is 0 Å². The Kier molecular flexibility index (Phi) is 5.89. The van der Waals surface area contributed by atoms with E-state index in [9.17, 15) is 4.79 Å². The molecule has 5 atom stereocenters. The van der Waals surface area contributed by atoms with Crippen LogP contribution in [-0.2, 0) is 4.74 Å². The molecule has 0 saturated heterocycles. The summed E-state index contributed by atoms with van der Waals surface area (Å²) in [5, 5.41) is 2.01. The van der Waals surface area contributed by atoms with Crippen molar-refractivity contribution in [2.45, 2.75) is 76.2 Å². The topological polar surface area (TPSA) is 26.3 Å². The number of hydrogen-bond acceptors (Lipinski definition) is 2. The predicted octanol–water partition coefficient (Wildman–Crippen LogP) is 6.81. The van der Waals surface area contributed by atoms with E-state index in [1.54, 1.807) is 12.1 Å². The van der Waals surface area contributed by atoms with Gasteiger partial charge in [-0.3, -0.25) is 0 Å². The molecule has 4 rings (SSSR count). The molecule has 2 aromatic rings. The number of halogens is 2. The van der Waals surface area contributed by atoms with E-state index in [-0.39, 0.29) is 11.8 Å². The highest BCUT2D eigenvalue weighted by Crippen LogP contribution is 2.49. The normalized spacial score (nSPS) is 32.0. The Balaban J connectivity index is 1.40. The van der Waals surface area contributed by atoms with Crippen LogP contribution in [0.5, 0.6) is 0 Å². The number of carbonyl (C=O) groups is 1. The van der Waals surface area contributed by atoms with Gasteiger partial charge in [0.15, 0.2) is 0 Å². The summed E-state index contributed by atoms with van der Waals surface area (Å²) < 4.78 is 35.9. The molecule has 156 valence electrons. The highest BCUT2D eigenvalue weighted by molar-refractivity contribution is 5.95. The van der Waals surface area contributed by atoms with Gasteiger partial charge in [-0.1, -0.05) is 50.1 Å². The Morgan fingerprint density at radius 1 is 1.14 bits per heavy atom. The Morgan fingerprint density at radius 2 is 1.93 bits per heavy atom. The van der Waals surface area contributed by atoms with Crippen molar-refractivity contribution in [2.24, 2.45) is 11.8 Å². The molecule has 2 aliphatic rings. The van der Waals surface area contributed by atoms with E-state index in [2.05, 4.69) is 6.92 Å². The standard InChI is InChI=1S/C25H30F2O2/c1-2-3-13-25(27)14-12-21-20(16-25)10-11-22(23(21)26)29-24(28)19-9-8-17-6-4-5-7-18(17)15-19/h4-9,15,20-23H,2-3,10-14,16H2,1H3. The molecule has 0 amide bonds. The van der Waals surface area contributed by atoms with Gasteiger partial charge < -0.3 is 4.74 Å². The minimum absolute atomic E-state index is 0.0660. The molecule has 5 unspecified atom stereocenters. The lowest BCUT2D eigenvalue weighted by molar-refractivity contribution is -0.0778. The van der Waals surface area contributed by atoms with Crippen molar-refractivity contribution < 1.29 is 18.3 Å². The quantitative estimate of drug-likeness (QED) is 0.515. The summed E-state index contributed by atoms with van der Waals surface area (Å²) in [7, 11) is 0. The molecule has 0 spiro atoms. The predicted molar refractivity (Wildman–Crippen MR) is 111 cm³/mol. The van der Waals surface area contributed by atoms with Crippen molar-refractivity contribution in [3.05, 3.63) is 48.0 Å². The highest BCUT2D eigenvalue weighted by Gasteiger charge is 2.48. The monoisotopic (exact) mass is 400 g/mol. The van der Waals surface area contributed by atoms with E-state index in [0.717, 1.165) is 30.0 Å². The minimum Gasteiger partial charge on any atom is -0.456 e. The van der Waals surface area contributed by atoms with Crippen molar-refractivity contribution >= 4 is 16.7 Å². The van der Waals surface area contributed by atoms with Gasteiger partial charge in [-0.15, -0.1) is 0 Å². The van der Waals surface area contributed by atoms with Crippen LogP contribution < -0.4 is 0 Å². The van der Waals surface area contributed by atoms with Crippen LogP contribution in [0.25, 0.3) is 10.8 Å². The number of ether oxygens (including phenoxy) is 1. The molecule has 2 aromatic carbocycles. The molecule has 0 heterocycles. The summed E-state index contributed by atoms with van der Waals surface area (Å²) in [6.45, 7) is 2.07. The Labute approximate surface area is 171 Å². The summed E-state index contributed by atoms with van der Waals surface area (Å²) in [6, 6.07) is 13.2. The molecule has 0 radical (unpaired) electrons. The van der Waals surface area contributed by atoms with Gasteiger partial charge in [0.2, 0.25) is 0 Å². The van der Waals surface area contributed by atoms with Gasteiger partial charge >= 0.3 is 5.97 Å². The maximum Gasteiger partial charge on any atom is 0.338 e. The molecule has 29 heavy (non-hydrogen) atoms. The van der Waals surface area contributed by atoms with Crippen molar-refractivity contribution in [1.29, 1.82) is 0 Å². The second kappa shape index (κ2) is 8.41. The number of fused-ring (bicyclic) bond motifs is 2. The number of rotatable bonds is 5. The average Bonchev–Trinajstić information content (AvgIpc) is 2.74. The van der Waals surface area contributed by atoms with E-state index < -0.39 is 23.9 Å². The van der Waals surface area contributed by atoms with Crippen LogP contribution in [0.4, 0.5) is 8.78 Å². The van der Waals surface area contributed by atoms with Crippen LogP contribution >= 0.6 is 0 Å². The third-order valence-corrected chi connectivity index (χ3v) is 6.97. The summed E-state index contributed by atoms with van der Waals surface area (Å²) in [6.07, 6.45) is 3.19. The zero-order valence-electron chi connectivity index (χ0n) is 17.1. The van der Waals surface area contributed by atoms with Gasteiger partial charge in [0.1, 0.15) is 17.9 Å². The summed E-state index contributed by atoms with van der Waals surface area (Å²) in [5.74, 6) is -0.597. The maximum atomic E-state index is 15.2. The Bertz CT molecular complexity index is 867. The summed E-state index contributed by atoms with van der Waals surface area (Å²) in [4.78, 5) is 12.6. The molecule has 2 nitrogen and oxygen atoms in total. The summed E-state index contributed by atoms with van der Waals surface area (Å²) in [5.41, 5.74) is -0.685. The van der Waals surface area contributed by atoms with Crippen molar-refractivity contribution in [1.82, 2.24) is 0 Å². The van der Waals surface area contributed by atoms with Crippen LogP contribution in [0.3, 0.4) is 0 Å². The van der Waals surface area contributed by atoms with E-state index in [1.807, 2.05) is 30.3 Å². The zero-order chi connectivity index (χ0) is 20.4. The van der Waals surface area contributed by atoms with Gasteiger partial charge in [-0.2, -0.15) is 0 Å². The molecule has 0 bridgehead atoms. The van der Waals surface area contributed by atoms with Crippen LogP contribution in [0.2, 0.25) is 0 Å². The molecular formula is C25H30F2O2. The smallest absolute Gasteiger partial charge is 0.338 e. The highest BCUT2D eigenvalue weighted by atomic mass is 19.1. The molecule has 2 fully saturated rings. The molecule has 2 aliphatic carbocycles. The molecule has 2 saturated carbocycles. The number of hydrogen-bond donors (Lipinski definition) is 0. The fourth-order valence-corrected chi connectivity index (χ4v) is 5.30. The summed E-state index contributed by atoms with van der Waals surface area (Å²) >= 11 is 0. The SMILES string of the molecule is CCCCC1(F)CCC2C(CCC(OC(=O)c3ccc4ccccc4c3)C2F)C1. The van der Waals surface area contributed by atoms with Gasteiger partial charge in [0.05, 0.1) is 5.56 Å². The Morgan fingerprint density at radius 3 is 2.72 bits per heavy atom. The lowest BCUT2D eigenvalue weighted by atomic mass is 9.64. The zero-order valence-corrected chi connectivity index (χ0v) is 17.1. The van der Waals surface area contributed by atoms with Gasteiger partial charge in [-0.25, -0.2) is 13.6 Å². The maximum absolute atomic E-state index is 15.2. The van der Waals surface area contributed by atoms with Crippen molar-refractivity contribution in [2.75, 3.05) is 0 Å². The lowest BCUT2D eigenvalue weighted by Crippen LogP contribution is -2.47. The second-order valence-electron chi connectivity index (χ2n) is 8.95. The van der Waals surface area contributed by atoms with E-state index in [1.165, 1.54) is 0 Å². The fraction of sp³-hybridized carbons (Fsp3) is 0.560. The van der Waals surface area contributed by atoms with Gasteiger partial charge in [0.25, 0.3) is 0 Å². The number of carbonyl (C=O) groups excluding carboxylic acids is 1. The number of benzene rings is 2. The molecule has 4 heteroatoms. The average molecular weight is 401 g/mol. The van der Waals surface area contributed by atoms with Crippen molar-refractivity contribution in [3.63, 3.8) is 0 Å². The lowest BCUT2D eigenvalue weighted by Gasteiger charge is -2.46. The van der Waals surface area contributed by atoms with Gasteiger partial charge in [0, 0.05) is 0 Å². The van der Waals surface area contributed by atoms with Crippen LogP contribution in [0.1, 0.15) is 68.6 Å². The van der Waals surface area contributed by atoms with Crippen LogP contribution in [0.15, 0.2) is 42.5 Å². The molecule has 0 N–H and O–H groups in total. The molecular weight excluding hydrogens is 370 g/mol. The minimum atomic E-state index is -1.20. The Hall–Kier alpha value is -1.97. The third kappa shape index (κ3) is 4.31. The number of unbranched alkanes of at least 4 members (excludes halogenated alkanes) is 1. The number of esters is 1. The van der Waals surface area contributed by atoms with Gasteiger partial charge in [-0.05, 0) is 73.3 Å². The molecule has 0 aromatic heterocycles. The largest absolute Gasteiger partial charge is 0.456 e. The fourth-order valence-electron chi connectivity index (χ4n) is 5.30. The molecule has 0 aliphatic heterocycles. The second-order valence-corrected chi connectivity index (χ2v) is 8.95. The first-order valence-corrected chi connectivity index (χ1v) is 11.0. The van der Waals surface area contributed by atoms with Crippen LogP contribution in [-0.4, -0.2) is 23.9 Å². The first-order valence-electron chi connectivity index (χ1n) is 11.0. The first-order chi connectivity index (χ1) is 14.0.